The third-order valence-electron chi connectivity index (χ3n) is 4.69. The fraction of sp³-hybridized carbons (Fsp3) is 0.350. The quantitative estimate of drug-likeness (QED) is 0.446. The lowest BCUT2D eigenvalue weighted by Gasteiger charge is -2.39. The number of amides is 1. The Morgan fingerprint density at radius 1 is 1.00 bits per heavy atom. The Balaban J connectivity index is 2.12. The molecular formula is C20H19BrF3NOS. The van der Waals surface area contributed by atoms with Gasteiger partial charge in [-0.15, -0.1) is 0 Å². The number of halogens is 4. The zero-order valence-electron chi connectivity index (χ0n) is 14.5. The molecule has 7 heteroatoms. The summed E-state index contributed by atoms with van der Waals surface area (Å²) in [6.07, 6.45) is -2.43. The van der Waals surface area contributed by atoms with Gasteiger partial charge in [-0.25, -0.2) is 0 Å². The Labute approximate surface area is 169 Å². The van der Waals surface area contributed by atoms with Crippen LogP contribution >= 0.6 is 27.7 Å². The molecule has 0 saturated carbocycles. The fourth-order valence-electron chi connectivity index (χ4n) is 3.52. The Morgan fingerprint density at radius 3 is 2.07 bits per heavy atom. The van der Waals surface area contributed by atoms with Crippen molar-refractivity contribution in [1.82, 2.24) is 5.32 Å². The summed E-state index contributed by atoms with van der Waals surface area (Å²) in [6, 6.07) is 15.0. The maximum absolute atomic E-state index is 13.3. The van der Waals surface area contributed by atoms with Crippen molar-refractivity contribution in [2.75, 3.05) is 11.9 Å². The largest absolute Gasteiger partial charge is 0.405 e. The number of fused-ring (bicyclic) bond motifs is 2. The second-order valence-corrected chi connectivity index (χ2v) is 8.32. The average molecular weight is 458 g/mol. The molecule has 1 aliphatic rings. The number of hydrogen-bond donors (Lipinski definition) is 1. The summed E-state index contributed by atoms with van der Waals surface area (Å²) in [4.78, 5) is 15.1. The van der Waals surface area contributed by atoms with Gasteiger partial charge in [0.2, 0.25) is 5.91 Å². The summed E-state index contributed by atoms with van der Waals surface area (Å²) < 4.78 is 38.3. The van der Waals surface area contributed by atoms with Gasteiger partial charge >= 0.3 is 6.18 Å². The van der Waals surface area contributed by atoms with E-state index < -0.39 is 24.0 Å². The molecule has 144 valence electrons. The van der Waals surface area contributed by atoms with E-state index in [2.05, 4.69) is 21.2 Å². The molecule has 0 atom stereocenters. The van der Waals surface area contributed by atoms with E-state index in [0.29, 0.717) is 6.42 Å². The highest BCUT2D eigenvalue weighted by Crippen LogP contribution is 2.51. The van der Waals surface area contributed by atoms with E-state index in [-0.39, 0.29) is 0 Å². The van der Waals surface area contributed by atoms with Crippen molar-refractivity contribution in [2.45, 2.75) is 40.6 Å². The van der Waals surface area contributed by atoms with Crippen LogP contribution in [0.3, 0.4) is 0 Å². The highest BCUT2D eigenvalue weighted by atomic mass is 79.9. The predicted octanol–water partition coefficient (Wildman–Crippen LogP) is 5.68. The van der Waals surface area contributed by atoms with E-state index >= 15 is 0 Å². The molecule has 0 aromatic heterocycles. The summed E-state index contributed by atoms with van der Waals surface area (Å²) in [5, 5.41) is 2.94. The normalized spacial score (nSPS) is 15.0. The van der Waals surface area contributed by atoms with Gasteiger partial charge in [-0.3, -0.25) is 4.79 Å². The van der Waals surface area contributed by atoms with Crippen LogP contribution in [0.2, 0.25) is 0 Å². The predicted molar refractivity (Wildman–Crippen MR) is 104 cm³/mol. The van der Waals surface area contributed by atoms with Crippen LogP contribution in [0, 0.1) is 0 Å². The first-order valence-electron chi connectivity index (χ1n) is 8.66. The molecule has 0 radical (unpaired) electrons. The molecule has 1 heterocycles. The number of unbranched alkanes of at least 4 members (excludes halogenated alkanes) is 1. The molecule has 27 heavy (non-hydrogen) atoms. The zero-order chi connectivity index (χ0) is 19.5. The minimum Gasteiger partial charge on any atom is -0.346 e. The number of hydrogen-bond acceptors (Lipinski definition) is 2. The smallest absolute Gasteiger partial charge is 0.346 e. The topological polar surface area (TPSA) is 29.1 Å². The SMILES string of the molecule is O=C(NCC(F)(F)F)C1(CCCCBr)c2ccccc2Sc2ccccc21. The number of alkyl halides is 4. The van der Waals surface area contributed by atoms with Crippen LogP contribution < -0.4 is 5.32 Å². The Morgan fingerprint density at radius 2 is 1.56 bits per heavy atom. The molecule has 0 spiro atoms. The third kappa shape index (κ3) is 4.19. The van der Waals surface area contributed by atoms with E-state index in [1.54, 1.807) is 11.8 Å². The molecule has 0 aliphatic carbocycles. The van der Waals surface area contributed by atoms with E-state index in [1.807, 2.05) is 48.5 Å². The van der Waals surface area contributed by atoms with Crippen molar-refractivity contribution in [3.8, 4) is 0 Å². The van der Waals surface area contributed by atoms with Crippen molar-refractivity contribution in [1.29, 1.82) is 0 Å². The van der Waals surface area contributed by atoms with Crippen LogP contribution in [0.15, 0.2) is 58.3 Å². The summed E-state index contributed by atoms with van der Waals surface area (Å²) in [7, 11) is 0. The second-order valence-electron chi connectivity index (χ2n) is 6.44. The zero-order valence-corrected chi connectivity index (χ0v) is 16.9. The van der Waals surface area contributed by atoms with Gasteiger partial charge in [0.1, 0.15) is 12.0 Å². The third-order valence-corrected chi connectivity index (χ3v) is 6.40. The summed E-state index contributed by atoms with van der Waals surface area (Å²) in [5.41, 5.74) is 0.442. The highest BCUT2D eigenvalue weighted by molar-refractivity contribution is 9.09. The van der Waals surface area contributed by atoms with Crippen LogP contribution in [0.1, 0.15) is 30.4 Å². The number of carbonyl (C=O) groups is 1. The fourth-order valence-corrected chi connectivity index (χ4v) is 5.15. The standard InChI is InChI=1S/C20H19BrF3NOS/c21-12-6-5-11-19(18(26)25-13-20(22,23)24)14-7-1-3-9-16(14)27-17-10-4-2-8-15(17)19/h1-4,7-10H,5-6,11-13H2,(H,25,26). The van der Waals surface area contributed by atoms with Gasteiger partial charge in [0.05, 0.1) is 0 Å². The summed E-state index contributed by atoms with van der Waals surface area (Å²) in [6.45, 7) is -1.33. The van der Waals surface area contributed by atoms with Crippen molar-refractivity contribution >= 4 is 33.6 Å². The summed E-state index contributed by atoms with van der Waals surface area (Å²) >= 11 is 4.95. The molecule has 0 saturated heterocycles. The van der Waals surface area contributed by atoms with Crippen molar-refractivity contribution < 1.29 is 18.0 Å². The van der Waals surface area contributed by atoms with Crippen LogP contribution in [0.25, 0.3) is 0 Å². The van der Waals surface area contributed by atoms with Gasteiger partial charge < -0.3 is 5.32 Å². The summed E-state index contributed by atoms with van der Waals surface area (Å²) in [5.74, 6) is -0.588. The van der Waals surface area contributed by atoms with Gasteiger partial charge in [0, 0.05) is 15.1 Å². The van der Waals surface area contributed by atoms with Crippen LogP contribution in [-0.2, 0) is 10.2 Å². The maximum Gasteiger partial charge on any atom is 0.405 e. The molecule has 1 N–H and O–H groups in total. The number of nitrogens with one attached hydrogen (secondary N) is 1. The number of carbonyl (C=O) groups excluding carboxylic acids is 1. The molecule has 2 nitrogen and oxygen atoms in total. The Bertz CT molecular complexity index is 779. The second kappa shape index (κ2) is 8.27. The van der Waals surface area contributed by atoms with E-state index in [0.717, 1.165) is 39.1 Å². The maximum atomic E-state index is 13.3. The van der Waals surface area contributed by atoms with Crippen molar-refractivity contribution in [2.24, 2.45) is 0 Å². The van der Waals surface area contributed by atoms with Gasteiger partial charge in [-0.1, -0.05) is 70.5 Å². The monoisotopic (exact) mass is 457 g/mol. The molecule has 0 unspecified atom stereocenters. The van der Waals surface area contributed by atoms with Crippen LogP contribution in [0.4, 0.5) is 13.2 Å². The van der Waals surface area contributed by atoms with Gasteiger partial charge in [0.15, 0.2) is 0 Å². The number of benzene rings is 2. The highest BCUT2D eigenvalue weighted by Gasteiger charge is 2.47. The number of rotatable bonds is 6. The first-order valence-corrected chi connectivity index (χ1v) is 10.6. The van der Waals surface area contributed by atoms with Crippen LogP contribution in [0.5, 0.6) is 0 Å². The van der Waals surface area contributed by atoms with Gasteiger partial charge in [-0.05, 0) is 36.1 Å². The van der Waals surface area contributed by atoms with Crippen molar-refractivity contribution in [3.05, 3.63) is 59.7 Å². The molecule has 1 amide bonds. The Hall–Kier alpha value is -1.47. The molecule has 3 rings (SSSR count). The lowest BCUT2D eigenvalue weighted by Crippen LogP contribution is -2.49. The molecule has 0 fully saturated rings. The van der Waals surface area contributed by atoms with Gasteiger partial charge in [0.25, 0.3) is 0 Å². The van der Waals surface area contributed by atoms with Gasteiger partial charge in [-0.2, -0.15) is 13.2 Å². The lowest BCUT2D eigenvalue weighted by molar-refractivity contribution is -0.141. The first kappa shape index (κ1) is 20.3. The van der Waals surface area contributed by atoms with E-state index in [1.165, 1.54) is 0 Å². The van der Waals surface area contributed by atoms with Crippen molar-refractivity contribution in [3.63, 3.8) is 0 Å². The Kier molecular flexibility index (Phi) is 6.21. The van der Waals surface area contributed by atoms with E-state index in [4.69, 9.17) is 0 Å². The van der Waals surface area contributed by atoms with E-state index in [9.17, 15) is 18.0 Å². The molecule has 1 aliphatic heterocycles. The molecule has 2 aromatic rings. The minimum atomic E-state index is -4.45. The molecule has 2 aromatic carbocycles. The minimum absolute atomic E-state index is 0.455. The molecular weight excluding hydrogens is 439 g/mol. The first-order chi connectivity index (χ1) is 12.9. The van der Waals surface area contributed by atoms with Crippen LogP contribution in [-0.4, -0.2) is 24.0 Å². The lowest BCUT2D eigenvalue weighted by atomic mass is 9.70. The average Bonchev–Trinajstić information content (AvgIpc) is 2.65. The molecule has 0 bridgehead atoms.